The quantitative estimate of drug-likeness (QED) is 0.723. The molecular formula is C17H16ClN3O3. The van der Waals surface area contributed by atoms with Crippen LogP contribution in [0.1, 0.15) is 27.1 Å². The van der Waals surface area contributed by atoms with Gasteiger partial charge in [-0.2, -0.15) is 0 Å². The van der Waals surface area contributed by atoms with Crippen LogP contribution in [0.25, 0.3) is 0 Å². The minimum atomic E-state index is -0.418. The summed E-state index contributed by atoms with van der Waals surface area (Å²) in [6, 6.07) is 15.1. The molecule has 0 aromatic heterocycles. The van der Waals surface area contributed by atoms with Crippen molar-refractivity contribution in [1.29, 1.82) is 0 Å². The summed E-state index contributed by atoms with van der Waals surface area (Å²) >= 11 is 5.92. The van der Waals surface area contributed by atoms with Gasteiger partial charge in [-0.1, -0.05) is 41.9 Å². The van der Waals surface area contributed by atoms with Gasteiger partial charge in [0.1, 0.15) is 0 Å². The third-order valence-electron chi connectivity index (χ3n) is 3.11. The Hall–Kier alpha value is -2.86. The molecule has 0 heterocycles. The average Bonchev–Trinajstić information content (AvgIpc) is 2.60. The fraction of sp³-hybridized carbons (Fsp3) is 0.118. The first-order chi connectivity index (χ1) is 11.6. The predicted molar refractivity (Wildman–Crippen MR) is 90.5 cm³/mol. The lowest BCUT2D eigenvalue weighted by Crippen LogP contribution is -2.42. The highest BCUT2D eigenvalue weighted by Crippen LogP contribution is 2.14. The van der Waals surface area contributed by atoms with Crippen molar-refractivity contribution in [1.82, 2.24) is 16.2 Å². The Morgan fingerprint density at radius 3 is 2.21 bits per heavy atom. The molecule has 2 aromatic carbocycles. The fourth-order valence-corrected chi connectivity index (χ4v) is 2.10. The molecule has 0 radical (unpaired) electrons. The van der Waals surface area contributed by atoms with E-state index in [9.17, 15) is 14.4 Å². The van der Waals surface area contributed by atoms with Gasteiger partial charge in [-0.25, -0.2) is 0 Å². The molecule has 0 fully saturated rings. The number of carbonyl (C=O) groups is 3. The zero-order valence-corrected chi connectivity index (χ0v) is 13.5. The summed E-state index contributed by atoms with van der Waals surface area (Å²) in [5.74, 6) is -1.19. The van der Waals surface area contributed by atoms with Crippen molar-refractivity contribution in [2.24, 2.45) is 0 Å². The second-order valence-corrected chi connectivity index (χ2v) is 5.26. The monoisotopic (exact) mass is 345 g/mol. The number of carbonyl (C=O) groups excluding carboxylic acids is 3. The number of hydrazine groups is 1. The van der Waals surface area contributed by atoms with Gasteiger partial charge in [0.15, 0.2) is 0 Å². The first-order valence-corrected chi connectivity index (χ1v) is 7.62. The highest BCUT2D eigenvalue weighted by Gasteiger charge is 2.10. The normalized spacial score (nSPS) is 9.88. The Bertz CT molecular complexity index is 735. The first-order valence-electron chi connectivity index (χ1n) is 7.25. The number of hydrogen-bond donors (Lipinski definition) is 3. The van der Waals surface area contributed by atoms with Crippen molar-refractivity contribution in [2.75, 3.05) is 6.54 Å². The van der Waals surface area contributed by atoms with Crippen LogP contribution in [-0.2, 0) is 4.79 Å². The molecule has 0 spiro atoms. The van der Waals surface area contributed by atoms with E-state index in [0.717, 1.165) is 0 Å². The highest BCUT2D eigenvalue weighted by molar-refractivity contribution is 6.33. The molecule has 3 N–H and O–H groups in total. The molecule has 124 valence electrons. The van der Waals surface area contributed by atoms with Crippen LogP contribution in [0.2, 0.25) is 5.02 Å². The molecule has 0 aliphatic rings. The van der Waals surface area contributed by atoms with Gasteiger partial charge in [0.05, 0.1) is 10.6 Å². The van der Waals surface area contributed by atoms with E-state index in [1.807, 2.05) is 0 Å². The van der Waals surface area contributed by atoms with Crippen LogP contribution in [-0.4, -0.2) is 24.3 Å². The molecule has 7 heteroatoms. The second-order valence-electron chi connectivity index (χ2n) is 4.85. The molecular weight excluding hydrogens is 330 g/mol. The number of rotatable bonds is 5. The van der Waals surface area contributed by atoms with Crippen LogP contribution in [0, 0.1) is 0 Å². The number of amides is 3. The largest absolute Gasteiger partial charge is 0.351 e. The lowest BCUT2D eigenvalue weighted by molar-refractivity contribution is -0.121. The molecule has 0 unspecified atom stereocenters. The van der Waals surface area contributed by atoms with Crippen LogP contribution in [0.3, 0.4) is 0 Å². The SMILES string of the molecule is O=C(CCNC(=O)c1ccccc1Cl)NNC(=O)c1ccccc1. The molecule has 0 bridgehead atoms. The van der Waals surface area contributed by atoms with E-state index in [-0.39, 0.29) is 18.9 Å². The Morgan fingerprint density at radius 2 is 1.50 bits per heavy atom. The summed E-state index contributed by atoms with van der Waals surface area (Å²) in [7, 11) is 0. The average molecular weight is 346 g/mol. The maximum atomic E-state index is 11.9. The Labute approximate surface area is 144 Å². The van der Waals surface area contributed by atoms with E-state index in [1.165, 1.54) is 0 Å². The van der Waals surface area contributed by atoms with Gasteiger partial charge >= 0.3 is 0 Å². The van der Waals surface area contributed by atoms with Gasteiger partial charge < -0.3 is 5.32 Å². The van der Waals surface area contributed by atoms with Gasteiger partial charge in [-0.3, -0.25) is 25.2 Å². The van der Waals surface area contributed by atoms with Crippen molar-refractivity contribution in [2.45, 2.75) is 6.42 Å². The van der Waals surface area contributed by atoms with E-state index >= 15 is 0 Å². The standard InChI is InChI=1S/C17H16ClN3O3/c18-14-9-5-4-8-13(14)17(24)19-11-10-15(22)20-21-16(23)12-6-2-1-3-7-12/h1-9H,10-11H2,(H,19,24)(H,20,22)(H,21,23). The predicted octanol–water partition coefficient (Wildman–Crippen LogP) is 1.92. The molecule has 0 aliphatic carbocycles. The molecule has 0 saturated heterocycles. The van der Waals surface area contributed by atoms with Crippen molar-refractivity contribution in [3.8, 4) is 0 Å². The van der Waals surface area contributed by atoms with E-state index in [2.05, 4.69) is 16.2 Å². The van der Waals surface area contributed by atoms with Crippen molar-refractivity contribution in [3.05, 3.63) is 70.7 Å². The zero-order valence-electron chi connectivity index (χ0n) is 12.7. The number of halogens is 1. The van der Waals surface area contributed by atoms with E-state index < -0.39 is 11.8 Å². The molecule has 3 amide bonds. The Balaban J connectivity index is 1.71. The van der Waals surface area contributed by atoms with Crippen LogP contribution in [0.4, 0.5) is 0 Å². The van der Waals surface area contributed by atoms with Crippen LogP contribution in [0.5, 0.6) is 0 Å². The fourth-order valence-electron chi connectivity index (χ4n) is 1.88. The first kappa shape index (κ1) is 17.5. The van der Waals surface area contributed by atoms with Crippen LogP contribution in [0.15, 0.2) is 54.6 Å². The smallest absolute Gasteiger partial charge is 0.269 e. The van der Waals surface area contributed by atoms with E-state index in [4.69, 9.17) is 11.6 Å². The molecule has 6 nitrogen and oxygen atoms in total. The van der Waals surface area contributed by atoms with Gasteiger partial charge in [-0.15, -0.1) is 0 Å². The van der Waals surface area contributed by atoms with Crippen molar-refractivity contribution in [3.63, 3.8) is 0 Å². The summed E-state index contributed by atoms with van der Waals surface area (Å²) in [6.07, 6.45) is 0.0191. The number of nitrogens with one attached hydrogen (secondary N) is 3. The third kappa shape index (κ3) is 5.10. The maximum Gasteiger partial charge on any atom is 0.269 e. The van der Waals surface area contributed by atoms with Crippen LogP contribution >= 0.6 is 11.6 Å². The highest BCUT2D eigenvalue weighted by atomic mass is 35.5. The molecule has 0 aliphatic heterocycles. The Morgan fingerprint density at radius 1 is 0.833 bits per heavy atom. The Kier molecular flexibility index (Phi) is 6.33. The summed E-state index contributed by atoms with van der Waals surface area (Å²) in [4.78, 5) is 35.3. The number of hydrogen-bond acceptors (Lipinski definition) is 3. The number of benzene rings is 2. The third-order valence-corrected chi connectivity index (χ3v) is 3.44. The van der Waals surface area contributed by atoms with E-state index in [1.54, 1.807) is 54.6 Å². The van der Waals surface area contributed by atoms with Gasteiger partial charge in [0.2, 0.25) is 5.91 Å². The zero-order chi connectivity index (χ0) is 17.4. The lowest BCUT2D eigenvalue weighted by atomic mass is 10.2. The summed E-state index contributed by atoms with van der Waals surface area (Å²) in [5.41, 5.74) is 5.37. The topological polar surface area (TPSA) is 87.3 Å². The maximum absolute atomic E-state index is 11.9. The molecule has 2 aromatic rings. The second kappa shape index (κ2) is 8.69. The van der Waals surface area contributed by atoms with Crippen molar-refractivity contribution < 1.29 is 14.4 Å². The molecule has 2 rings (SSSR count). The molecule has 0 saturated carbocycles. The summed E-state index contributed by atoms with van der Waals surface area (Å²) in [5, 5.41) is 2.94. The molecule has 0 atom stereocenters. The lowest BCUT2D eigenvalue weighted by Gasteiger charge is -2.08. The summed E-state index contributed by atoms with van der Waals surface area (Å²) < 4.78 is 0. The summed E-state index contributed by atoms with van der Waals surface area (Å²) in [6.45, 7) is 0.122. The van der Waals surface area contributed by atoms with Gasteiger partial charge in [0.25, 0.3) is 11.8 Å². The molecule has 24 heavy (non-hydrogen) atoms. The van der Waals surface area contributed by atoms with E-state index in [0.29, 0.717) is 16.1 Å². The van der Waals surface area contributed by atoms with Crippen LogP contribution < -0.4 is 16.2 Å². The van der Waals surface area contributed by atoms with Gasteiger partial charge in [-0.05, 0) is 24.3 Å². The minimum Gasteiger partial charge on any atom is -0.351 e. The van der Waals surface area contributed by atoms with Crippen molar-refractivity contribution >= 4 is 29.3 Å². The van der Waals surface area contributed by atoms with Gasteiger partial charge in [0, 0.05) is 18.5 Å². The minimum absolute atomic E-state index is 0.0191.